The van der Waals surface area contributed by atoms with Crippen molar-refractivity contribution in [3.8, 4) is 0 Å². The molecule has 1 aromatic heterocycles. The Labute approximate surface area is 113 Å². The molecule has 0 aliphatic rings. The number of aryl methyl sites for hydroxylation is 1. The first-order valence-corrected chi connectivity index (χ1v) is 5.97. The van der Waals surface area contributed by atoms with Crippen LogP contribution in [-0.2, 0) is 15.5 Å². The minimum absolute atomic E-state index is 0.202. The van der Waals surface area contributed by atoms with Crippen LogP contribution in [0, 0.1) is 6.92 Å². The molecule has 106 valence electrons. The maximum Gasteiger partial charge on any atom is 0.382 e. The third kappa shape index (κ3) is 2.29. The minimum Gasteiger partial charge on any atom is -0.461 e. The van der Waals surface area contributed by atoms with Gasteiger partial charge in [0.15, 0.2) is 0 Å². The zero-order chi connectivity index (χ0) is 14.9. The average molecular weight is 282 g/mol. The number of benzene rings is 1. The fourth-order valence-electron chi connectivity index (χ4n) is 1.84. The number of alkyl halides is 2. The molecule has 0 amide bonds. The van der Waals surface area contributed by atoms with Crippen molar-refractivity contribution in [1.29, 1.82) is 0 Å². The molecule has 0 N–H and O–H groups in total. The molecule has 4 nitrogen and oxygen atoms in total. The van der Waals surface area contributed by atoms with Crippen LogP contribution in [0.1, 0.15) is 18.1 Å². The van der Waals surface area contributed by atoms with Crippen LogP contribution in [-0.4, -0.2) is 12.6 Å². The van der Waals surface area contributed by atoms with Gasteiger partial charge in [-0.1, -0.05) is 18.2 Å². The molecule has 0 unspecified atom stereocenters. The van der Waals surface area contributed by atoms with Crippen molar-refractivity contribution < 1.29 is 22.7 Å². The highest BCUT2D eigenvalue weighted by atomic mass is 19.3. The van der Waals surface area contributed by atoms with Gasteiger partial charge in [0.25, 0.3) is 0 Å². The van der Waals surface area contributed by atoms with Crippen LogP contribution in [0.4, 0.5) is 8.78 Å². The number of carbonyl (C=O) groups is 1. The topological polar surface area (TPSA) is 56.5 Å². The van der Waals surface area contributed by atoms with Crippen molar-refractivity contribution in [2.45, 2.75) is 19.8 Å². The van der Waals surface area contributed by atoms with E-state index in [0.29, 0.717) is 10.9 Å². The highest BCUT2D eigenvalue weighted by Gasteiger charge is 2.45. The molecule has 0 saturated heterocycles. The number of hydrogen-bond donors (Lipinski definition) is 0. The summed E-state index contributed by atoms with van der Waals surface area (Å²) in [5.41, 5.74) is -1.40. The number of fused-ring (bicyclic) bond motifs is 1. The zero-order valence-corrected chi connectivity index (χ0v) is 10.9. The molecule has 0 aliphatic heterocycles. The van der Waals surface area contributed by atoms with E-state index in [2.05, 4.69) is 4.74 Å². The molecule has 6 heteroatoms. The Morgan fingerprint density at radius 2 is 2.10 bits per heavy atom. The van der Waals surface area contributed by atoms with Crippen molar-refractivity contribution in [3.05, 3.63) is 45.8 Å². The maximum atomic E-state index is 13.9. The number of halogens is 2. The van der Waals surface area contributed by atoms with E-state index in [-0.39, 0.29) is 12.2 Å². The van der Waals surface area contributed by atoms with Crippen LogP contribution in [0.25, 0.3) is 11.0 Å². The quantitative estimate of drug-likeness (QED) is 0.641. The molecule has 2 rings (SSSR count). The van der Waals surface area contributed by atoms with Gasteiger partial charge in [0, 0.05) is 5.39 Å². The van der Waals surface area contributed by atoms with Crippen LogP contribution < -0.4 is 5.63 Å². The number of para-hydroxylation sites is 1. The van der Waals surface area contributed by atoms with Gasteiger partial charge in [-0.25, -0.2) is 9.59 Å². The lowest BCUT2D eigenvalue weighted by Crippen LogP contribution is -2.33. The summed E-state index contributed by atoms with van der Waals surface area (Å²) in [6.45, 7) is 2.89. The molecule has 0 aliphatic carbocycles. The Morgan fingerprint density at radius 1 is 1.40 bits per heavy atom. The molecule has 0 bridgehead atoms. The zero-order valence-electron chi connectivity index (χ0n) is 10.9. The van der Waals surface area contributed by atoms with Crippen LogP contribution in [0.3, 0.4) is 0 Å². The minimum atomic E-state index is -4.03. The van der Waals surface area contributed by atoms with E-state index in [1.807, 2.05) is 0 Å². The first-order chi connectivity index (χ1) is 9.37. The second kappa shape index (κ2) is 5.03. The third-order valence-electron chi connectivity index (χ3n) is 2.83. The summed E-state index contributed by atoms with van der Waals surface area (Å²) in [5.74, 6) is -5.80. The van der Waals surface area contributed by atoms with Crippen LogP contribution in [0.15, 0.2) is 33.5 Å². The van der Waals surface area contributed by atoms with Gasteiger partial charge in [-0.05, 0) is 25.5 Å². The molecule has 0 atom stereocenters. The number of carbonyl (C=O) groups excluding carboxylic acids is 1. The predicted octanol–water partition coefficient (Wildman–Crippen LogP) is 2.76. The molecule has 0 fully saturated rings. The van der Waals surface area contributed by atoms with Crippen molar-refractivity contribution >= 4 is 16.9 Å². The number of esters is 1. The van der Waals surface area contributed by atoms with Gasteiger partial charge in [0.1, 0.15) is 11.1 Å². The summed E-state index contributed by atoms with van der Waals surface area (Å²) < 4.78 is 37.0. The Morgan fingerprint density at radius 3 is 2.75 bits per heavy atom. The molecule has 1 aromatic carbocycles. The van der Waals surface area contributed by atoms with Crippen LogP contribution in [0.2, 0.25) is 0 Å². The standard InChI is InChI=1S/C14H12F2O4/c1-3-19-13(18)14(15,16)10-7-9-6-4-5-8(2)11(9)20-12(10)17/h4-7H,3H2,1-2H3. The summed E-state index contributed by atoms with van der Waals surface area (Å²) in [5, 5.41) is 0.323. The molecule has 1 heterocycles. The number of hydrogen-bond acceptors (Lipinski definition) is 4. The summed E-state index contributed by atoms with van der Waals surface area (Å²) in [4.78, 5) is 23.0. The van der Waals surface area contributed by atoms with E-state index in [0.717, 1.165) is 6.07 Å². The molecular formula is C14H12F2O4. The van der Waals surface area contributed by atoms with Crippen LogP contribution >= 0.6 is 0 Å². The maximum absolute atomic E-state index is 13.9. The van der Waals surface area contributed by atoms with E-state index in [4.69, 9.17) is 4.42 Å². The highest BCUT2D eigenvalue weighted by molar-refractivity contribution is 5.84. The molecule has 0 radical (unpaired) electrons. The van der Waals surface area contributed by atoms with Crippen molar-refractivity contribution in [2.75, 3.05) is 6.61 Å². The number of rotatable bonds is 3. The Kier molecular flexibility index (Phi) is 3.57. The molecule has 0 spiro atoms. The smallest absolute Gasteiger partial charge is 0.382 e. The average Bonchev–Trinajstić information content (AvgIpc) is 2.39. The van der Waals surface area contributed by atoms with E-state index < -0.39 is 23.1 Å². The summed E-state index contributed by atoms with van der Waals surface area (Å²) in [6.07, 6.45) is 0. The van der Waals surface area contributed by atoms with Crippen LogP contribution in [0.5, 0.6) is 0 Å². The lowest BCUT2D eigenvalue weighted by molar-refractivity contribution is -0.173. The SMILES string of the molecule is CCOC(=O)C(F)(F)c1cc2cccc(C)c2oc1=O. The van der Waals surface area contributed by atoms with Gasteiger partial charge in [-0.2, -0.15) is 8.78 Å². The normalized spacial score (nSPS) is 11.6. The van der Waals surface area contributed by atoms with Gasteiger partial charge in [0.2, 0.25) is 0 Å². The third-order valence-corrected chi connectivity index (χ3v) is 2.83. The second-order valence-electron chi connectivity index (χ2n) is 4.24. The van der Waals surface area contributed by atoms with Gasteiger partial charge in [-0.3, -0.25) is 0 Å². The molecule has 0 saturated carbocycles. The highest BCUT2D eigenvalue weighted by Crippen LogP contribution is 2.29. The largest absolute Gasteiger partial charge is 0.461 e. The second-order valence-corrected chi connectivity index (χ2v) is 4.24. The summed E-state index contributed by atoms with van der Waals surface area (Å²) in [6, 6.07) is 5.82. The lowest BCUT2D eigenvalue weighted by Gasteiger charge is -2.14. The summed E-state index contributed by atoms with van der Waals surface area (Å²) in [7, 11) is 0. The fraction of sp³-hybridized carbons (Fsp3) is 0.286. The van der Waals surface area contributed by atoms with E-state index in [1.165, 1.54) is 13.0 Å². The van der Waals surface area contributed by atoms with Gasteiger partial charge in [-0.15, -0.1) is 0 Å². The molecule has 20 heavy (non-hydrogen) atoms. The molecule has 2 aromatic rings. The van der Waals surface area contributed by atoms with Gasteiger partial charge < -0.3 is 9.15 Å². The Bertz CT molecular complexity index is 719. The van der Waals surface area contributed by atoms with E-state index >= 15 is 0 Å². The van der Waals surface area contributed by atoms with Crippen molar-refractivity contribution in [2.24, 2.45) is 0 Å². The molecular weight excluding hydrogens is 270 g/mol. The Balaban J connectivity index is 2.64. The van der Waals surface area contributed by atoms with Crippen molar-refractivity contribution in [3.63, 3.8) is 0 Å². The van der Waals surface area contributed by atoms with Gasteiger partial charge in [0.05, 0.1) is 6.61 Å². The van der Waals surface area contributed by atoms with E-state index in [1.54, 1.807) is 19.1 Å². The predicted molar refractivity (Wildman–Crippen MR) is 67.7 cm³/mol. The first-order valence-electron chi connectivity index (χ1n) is 5.97. The van der Waals surface area contributed by atoms with Gasteiger partial charge >= 0.3 is 17.5 Å². The van der Waals surface area contributed by atoms with Crippen molar-refractivity contribution in [1.82, 2.24) is 0 Å². The Hall–Kier alpha value is -2.24. The number of ether oxygens (including phenoxy) is 1. The first kappa shape index (κ1) is 14.2. The van der Waals surface area contributed by atoms with E-state index in [9.17, 15) is 18.4 Å². The lowest BCUT2D eigenvalue weighted by atomic mass is 10.1. The summed E-state index contributed by atoms with van der Waals surface area (Å²) >= 11 is 0. The monoisotopic (exact) mass is 282 g/mol. The fourth-order valence-corrected chi connectivity index (χ4v) is 1.84.